The number of allylic oxidation sites excluding steroid dienone is 2. The van der Waals surface area contributed by atoms with Crippen LogP contribution in [-0.4, -0.2) is 29.0 Å². The second-order valence-corrected chi connectivity index (χ2v) is 5.00. The Morgan fingerprint density at radius 3 is 2.55 bits per heavy atom. The minimum absolute atomic E-state index is 0.170. The summed E-state index contributed by atoms with van der Waals surface area (Å²) >= 11 is 0. The van der Waals surface area contributed by atoms with Crippen LogP contribution in [0.5, 0.6) is 0 Å². The number of para-hydroxylation sites is 1. The van der Waals surface area contributed by atoms with E-state index in [0.29, 0.717) is 5.57 Å². The SMILES string of the molecule is O=CC1C(CO)=CC(c2ccccn2)=CN1c1ccccc1. The molecule has 2 aromatic rings. The topological polar surface area (TPSA) is 53.4 Å². The lowest BCUT2D eigenvalue weighted by Gasteiger charge is -2.32. The largest absolute Gasteiger partial charge is 0.392 e. The maximum absolute atomic E-state index is 11.5. The number of anilines is 1. The summed E-state index contributed by atoms with van der Waals surface area (Å²) in [5, 5.41) is 9.62. The maximum Gasteiger partial charge on any atom is 0.147 e. The van der Waals surface area contributed by atoms with Gasteiger partial charge in [-0.05, 0) is 35.9 Å². The van der Waals surface area contributed by atoms with Gasteiger partial charge in [0, 0.05) is 23.7 Å². The minimum Gasteiger partial charge on any atom is -0.392 e. The van der Waals surface area contributed by atoms with Crippen LogP contribution in [0.3, 0.4) is 0 Å². The number of benzene rings is 1. The lowest BCUT2D eigenvalue weighted by Crippen LogP contribution is -2.37. The first-order valence-corrected chi connectivity index (χ1v) is 7.06. The maximum atomic E-state index is 11.5. The van der Waals surface area contributed by atoms with Crippen molar-refractivity contribution >= 4 is 17.5 Å². The molecule has 2 heterocycles. The van der Waals surface area contributed by atoms with Gasteiger partial charge in [0.2, 0.25) is 0 Å². The summed E-state index contributed by atoms with van der Waals surface area (Å²) < 4.78 is 0. The molecular formula is C18H16N2O2. The van der Waals surface area contributed by atoms with E-state index in [4.69, 9.17) is 0 Å². The third-order valence-electron chi connectivity index (χ3n) is 3.63. The average Bonchev–Trinajstić information content (AvgIpc) is 2.62. The molecule has 4 heteroatoms. The number of nitrogens with zero attached hydrogens (tertiary/aromatic N) is 2. The number of carbonyl (C=O) groups is 1. The standard InChI is InChI=1S/C18H16N2O2/c21-12-15-10-14(17-8-4-5-9-19-17)11-20(18(15)13-22)16-6-2-1-3-7-16/h1-11,13,18,21H,12H2. The van der Waals surface area contributed by atoms with Crippen LogP contribution in [0, 0.1) is 0 Å². The van der Waals surface area contributed by atoms with Crippen LogP contribution in [0.15, 0.2) is 72.6 Å². The number of rotatable bonds is 4. The van der Waals surface area contributed by atoms with E-state index in [1.165, 1.54) is 0 Å². The molecule has 4 nitrogen and oxygen atoms in total. The second kappa shape index (κ2) is 6.37. The van der Waals surface area contributed by atoms with Crippen molar-refractivity contribution in [1.29, 1.82) is 0 Å². The Morgan fingerprint density at radius 1 is 1.14 bits per heavy atom. The predicted octanol–water partition coefficient (Wildman–Crippen LogP) is 2.43. The van der Waals surface area contributed by atoms with Gasteiger partial charge in [-0.2, -0.15) is 0 Å². The fourth-order valence-corrected chi connectivity index (χ4v) is 2.53. The molecule has 1 N–H and O–H groups in total. The van der Waals surface area contributed by atoms with Gasteiger partial charge >= 0.3 is 0 Å². The van der Waals surface area contributed by atoms with Crippen molar-refractivity contribution < 1.29 is 9.90 Å². The zero-order valence-electron chi connectivity index (χ0n) is 12.0. The molecule has 1 aromatic heterocycles. The van der Waals surface area contributed by atoms with Gasteiger partial charge < -0.3 is 14.8 Å². The summed E-state index contributed by atoms with van der Waals surface area (Å²) in [5.41, 5.74) is 3.22. The van der Waals surface area contributed by atoms with E-state index in [1.54, 1.807) is 6.20 Å². The first-order valence-electron chi connectivity index (χ1n) is 7.06. The summed E-state index contributed by atoms with van der Waals surface area (Å²) in [6, 6.07) is 14.8. The Morgan fingerprint density at radius 2 is 1.91 bits per heavy atom. The Balaban J connectivity index is 2.08. The predicted molar refractivity (Wildman–Crippen MR) is 86.2 cm³/mol. The van der Waals surface area contributed by atoms with Gasteiger partial charge in [-0.1, -0.05) is 24.3 Å². The molecule has 22 heavy (non-hydrogen) atoms. The molecule has 3 rings (SSSR count). The lowest BCUT2D eigenvalue weighted by molar-refractivity contribution is -0.108. The van der Waals surface area contributed by atoms with Gasteiger partial charge in [0.1, 0.15) is 12.3 Å². The van der Waals surface area contributed by atoms with Crippen molar-refractivity contribution in [2.24, 2.45) is 0 Å². The fourth-order valence-electron chi connectivity index (χ4n) is 2.53. The van der Waals surface area contributed by atoms with E-state index in [0.717, 1.165) is 23.2 Å². The fraction of sp³-hybridized carbons (Fsp3) is 0.111. The Kier molecular flexibility index (Phi) is 4.12. The summed E-state index contributed by atoms with van der Waals surface area (Å²) in [4.78, 5) is 17.7. The van der Waals surface area contributed by atoms with Gasteiger partial charge in [-0.15, -0.1) is 0 Å². The van der Waals surface area contributed by atoms with Gasteiger partial charge in [-0.3, -0.25) is 4.98 Å². The van der Waals surface area contributed by atoms with Crippen LogP contribution in [0.25, 0.3) is 5.57 Å². The third-order valence-corrected chi connectivity index (χ3v) is 3.63. The van der Waals surface area contributed by atoms with Gasteiger partial charge in [0.25, 0.3) is 0 Å². The van der Waals surface area contributed by atoms with Crippen LogP contribution in [0.4, 0.5) is 5.69 Å². The summed E-state index contributed by atoms with van der Waals surface area (Å²) in [7, 11) is 0. The van der Waals surface area contributed by atoms with Crippen molar-refractivity contribution in [2.75, 3.05) is 11.5 Å². The van der Waals surface area contributed by atoms with Crippen molar-refractivity contribution in [1.82, 2.24) is 4.98 Å². The first-order chi connectivity index (χ1) is 10.8. The number of hydrogen-bond acceptors (Lipinski definition) is 4. The molecule has 110 valence electrons. The molecule has 0 amide bonds. The number of pyridine rings is 1. The van der Waals surface area contributed by atoms with Crippen LogP contribution < -0.4 is 4.90 Å². The molecule has 0 spiro atoms. The van der Waals surface area contributed by atoms with Crippen LogP contribution in [0.2, 0.25) is 0 Å². The van der Waals surface area contributed by atoms with Crippen LogP contribution in [-0.2, 0) is 4.79 Å². The van der Waals surface area contributed by atoms with Gasteiger partial charge in [0.05, 0.1) is 12.3 Å². The Labute approximate surface area is 129 Å². The molecule has 0 bridgehead atoms. The number of aldehydes is 1. The van der Waals surface area contributed by atoms with E-state index < -0.39 is 6.04 Å². The zero-order chi connectivity index (χ0) is 15.4. The molecular weight excluding hydrogens is 276 g/mol. The molecule has 0 aliphatic carbocycles. The molecule has 1 aliphatic heterocycles. The van der Waals surface area contributed by atoms with E-state index in [9.17, 15) is 9.90 Å². The highest BCUT2D eigenvalue weighted by molar-refractivity contribution is 5.84. The normalized spacial score (nSPS) is 17.7. The van der Waals surface area contributed by atoms with E-state index in [2.05, 4.69) is 4.98 Å². The Bertz CT molecular complexity index is 708. The molecule has 1 atom stereocenters. The molecule has 1 unspecified atom stereocenters. The molecule has 0 fully saturated rings. The van der Waals surface area contributed by atoms with Crippen molar-refractivity contribution in [3.05, 3.63) is 78.3 Å². The first kappa shape index (κ1) is 14.2. The summed E-state index contributed by atoms with van der Waals surface area (Å²) in [6.07, 6.45) is 6.30. The number of hydrogen-bond donors (Lipinski definition) is 1. The van der Waals surface area contributed by atoms with E-state index in [-0.39, 0.29) is 6.61 Å². The van der Waals surface area contributed by atoms with Crippen LogP contribution >= 0.6 is 0 Å². The molecule has 1 aliphatic rings. The molecule has 0 saturated carbocycles. The van der Waals surface area contributed by atoms with Gasteiger partial charge in [-0.25, -0.2) is 0 Å². The molecule has 0 saturated heterocycles. The molecule has 1 aromatic carbocycles. The number of aromatic nitrogens is 1. The minimum atomic E-state index is -0.500. The third kappa shape index (κ3) is 2.69. The number of aliphatic hydroxyl groups excluding tert-OH is 1. The Hall–Kier alpha value is -2.72. The highest BCUT2D eigenvalue weighted by Gasteiger charge is 2.25. The second-order valence-electron chi connectivity index (χ2n) is 5.00. The highest BCUT2D eigenvalue weighted by atomic mass is 16.3. The number of aliphatic hydroxyl groups is 1. The monoisotopic (exact) mass is 292 g/mol. The number of carbonyl (C=O) groups excluding carboxylic acids is 1. The van der Waals surface area contributed by atoms with E-state index in [1.807, 2.05) is 65.7 Å². The summed E-state index contributed by atoms with van der Waals surface area (Å²) in [5.74, 6) is 0. The quantitative estimate of drug-likeness (QED) is 0.879. The van der Waals surface area contributed by atoms with E-state index >= 15 is 0 Å². The van der Waals surface area contributed by atoms with Crippen LogP contribution in [0.1, 0.15) is 5.69 Å². The smallest absolute Gasteiger partial charge is 0.147 e. The highest BCUT2D eigenvalue weighted by Crippen LogP contribution is 2.29. The molecule has 0 radical (unpaired) electrons. The summed E-state index contributed by atoms with van der Waals surface area (Å²) in [6.45, 7) is -0.170. The van der Waals surface area contributed by atoms with Gasteiger partial charge in [0.15, 0.2) is 0 Å². The average molecular weight is 292 g/mol. The van der Waals surface area contributed by atoms with Crippen molar-refractivity contribution in [3.8, 4) is 0 Å². The van der Waals surface area contributed by atoms with Crippen molar-refractivity contribution in [2.45, 2.75) is 6.04 Å². The zero-order valence-corrected chi connectivity index (χ0v) is 12.0. The lowest BCUT2D eigenvalue weighted by atomic mass is 9.98. The van der Waals surface area contributed by atoms with Crippen molar-refractivity contribution in [3.63, 3.8) is 0 Å².